The Balaban J connectivity index is 1.84. The van der Waals surface area contributed by atoms with Gasteiger partial charge in [0.2, 0.25) is 0 Å². The van der Waals surface area contributed by atoms with Crippen LogP contribution in [0.25, 0.3) is 11.3 Å². The molecule has 0 N–H and O–H groups in total. The Bertz CT molecular complexity index is 833. The molecule has 0 spiro atoms. The molecular weight excluding hydrogens is 313 g/mol. The number of hydrogen-bond donors (Lipinski definition) is 0. The summed E-state index contributed by atoms with van der Waals surface area (Å²) in [4.78, 5) is 3.81. The van der Waals surface area contributed by atoms with Crippen LogP contribution < -0.4 is 0 Å². The molecule has 6 nitrogen and oxygen atoms in total. The van der Waals surface area contributed by atoms with E-state index >= 15 is 0 Å². The Morgan fingerprint density at radius 2 is 2.14 bits per heavy atom. The number of aromatic nitrogens is 4. The van der Waals surface area contributed by atoms with Crippen molar-refractivity contribution in [3.05, 3.63) is 52.2 Å². The lowest BCUT2D eigenvalue weighted by atomic mass is 10.1. The summed E-state index contributed by atoms with van der Waals surface area (Å²) < 4.78 is 6.73. The molecule has 0 saturated carbocycles. The first-order valence-corrected chi connectivity index (χ1v) is 6.62. The van der Waals surface area contributed by atoms with Gasteiger partial charge in [-0.2, -0.15) is 5.26 Å². The molecule has 21 heavy (non-hydrogen) atoms. The first kappa shape index (κ1) is 13.6. The second-order valence-corrected chi connectivity index (χ2v) is 5.02. The summed E-state index contributed by atoms with van der Waals surface area (Å²) in [5.41, 5.74) is 1.33. The highest BCUT2D eigenvalue weighted by molar-refractivity contribution is 6.36. The second-order valence-electron chi connectivity index (χ2n) is 4.18. The highest BCUT2D eigenvalue weighted by Gasteiger charge is 2.11. The molecule has 0 unspecified atom stereocenters. The maximum Gasteiger partial charge on any atom is 0.252 e. The van der Waals surface area contributed by atoms with Crippen molar-refractivity contribution in [2.24, 2.45) is 0 Å². The topological polar surface area (TPSA) is 80.5 Å². The summed E-state index contributed by atoms with van der Waals surface area (Å²) in [6, 6.07) is 8.76. The molecule has 0 atom stereocenters. The van der Waals surface area contributed by atoms with Crippen LogP contribution in [0.5, 0.6) is 0 Å². The van der Waals surface area contributed by atoms with Gasteiger partial charge in [0.1, 0.15) is 24.6 Å². The van der Waals surface area contributed by atoms with E-state index in [1.54, 1.807) is 24.3 Å². The standard InChI is InChI=1S/C13H7Cl2N5O/c14-8-1-2-10(11(15)3-8)12-4-9(21-19-12)6-20-7-17-13(5-16)18-20/h1-4,7H,6H2. The minimum atomic E-state index is 0.107. The molecule has 0 bridgehead atoms. The third kappa shape index (κ3) is 2.89. The molecule has 8 heteroatoms. The molecule has 0 aliphatic heterocycles. The van der Waals surface area contributed by atoms with Crippen LogP contribution >= 0.6 is 23.2 Å². The van der Waals surface area contributed by atoms with E-state index in [0.717, 1.165) is 5.56 Å². The molecule has 0 radical (unpaired) electrons. The van der Waals surface area contributed by atoms with E-state index in [2.05, 4.69) is 15.2 Å². The molecule has 104 valence electrons. The van der Waals surface area contributed by atoms with Crippen molar-refractivity contribution >= 4 is 23.2 Å². The van der Waals surface area contributed by atoms with E-state index in [-0.39, 0.29) is 5.82 Å². The zero-order valence-electron chi connectivity index (χ0n) is 10.5. The molecule has 1 aromatic carbocycles. The van der Waals surface area contributed by atoms with Gasteiger partial charge in [0.05, 0.1) is 5.02 Å². The average molecular weight is 320 g/mol. The van der Waals surface area contributed by atoms with E-state index in [1.807, 2.05) is 6.07 Å². The highest BCUT2D eigenvalue weighted by atomic mass is 35.5. The first-order chi connectivity index (χ1) is 10.2. The zero-order valence-corrected chi connectivity index (χ0v) is 12.0. The van der Waals surface area contributed by atoms with Crippen LogP contribution in [0, 0.1) is 11.3 Å². The van der Waals surface area contributed by atoms with Gasteiger partial charge in [-0.15, -0.1) is 5.10 Å². The summed E-state index contributed by atoms with van der Waals surface area (Å²) in [7, 11) is 0. The second kappa shape index (κ2) is 5.56. The van der Waals surface area contributed by atoms with E-state index in [9.17, 15) is 0 Å². The average Bonchev–Trinajstić information content (AvgIpc) is 3.08. The largest absolute Gasteiger partial charge is 0.359 e. The number of hydrogen-bond acceptors (Lipinski definition) is 5. The quantitative estimate of drug-likeness (QED) is 0.740. The van der Waals surface area contributed by atoms with Crippen molar-refractivity contribution in [2.75, 3.05) is 0 Å². The fourth-order valence-electron chi connectivity index (χ4n) is 1.79. The Labute approximate surface area is 129 Å². The van der Waals surface area contributed by atoms with E-state index in [0.29, 0.717) is 28.0 Å². The lowest BCUT2D eigenvalue weighted by Crippen LogP contribution is -1.99. The minimum Gasteiger partial charge on any atom is -0.359 e. The molecule has 2 aromatic heterocycles. The summed E-state index contributed by atoms with van der Waals surface area (Å²) in [5.74, 6) is 0.681. The van der Waals surface area contributed by atoms with Crippen molar-refractivity contribution < 1.29 is 4.52 Å². The van der Waals surface area contributed by atoms with Crippen molar-refractivity contribution in [3.8, 4) is 17.3 Å². The molecule has 2 heterocycles. The summed E-state index contributed by atoms with van der Waals surface area (Å²) in [6.07, 6.45) is 1.45. The Morgan fingerprint density at radius 3 is 2.86 bits per heavy atom. The Kier molecular flexibility index (Phi) is 3.60. The fourth-order valence-corrected chi connectivity index (χ4v) is 2.30. The van der Waals surface area contributed by atoms with Crippen LogP contribution in [0.3, 0.4) is 0 Å². The maximum absolute atomic E-state index is 8.67. The molecule has 3 aromatic rings. The molecule has 0 amide bonds. The molecule has 0 aliphatic carbocycles. The fraction of sp³-hybridized carbons (Fsp3) is 0.0769. The SMILES string of the molecule is N#Cc1ncn(Cc2cc(-c3ccc(Cl)cc3Cl)no2)n1. The van der Waals surface area contributed by atoms with E-state index < -0.39 is 0 Å². The monoisotopic (exact) mass is 319 g/mol. The van der Waals surface area contributed by atoms with E-state index in [4.69, 9.17) is 33.0 Å². The van der Waals surface area contributed by atoms with Crippen LogP contribution in [0.2, 0.25) is 10.0 Å². The Morgan fingerprint density at radius 1 is 1.29 bits per heavy atom. The summed E-state index contributed by atoms with van der Waals surface area (Å²) >= 11 is 12.0. The van der Waals surface area contributed by atoms with Gasteiger partial charge in [0.25, 0.3) is 5.82 Å². The van der Waals surface area contributed by atoms with Crippen LogP contribution in [0.1, 0.15) is 11.6 Å². The van der Waals surface area contributed by atoms with Gasteiger partial charge in [-0.3, -0.25) is 0 Å². The van der Waals surface area contributed by atoms with Crippen molar-refractivity contribution in [1.82, 2.24) is 19.9 Å². The number of rotatable bonds is 3. The van der Waals surface area contributed by atoms with Crippen LogP contribution in [-0.4, -0.2) is 19.9 Å². The maximum atomic E-state index is 8.67. The van der Waals surface area contributed by atoms with Gasteiger partial charge in [-0.25, -0.2) is 9.67 Å². The van der Waals surface area contributed by atoms with Crippen molar-refractivity contribution in [2.45, 2.75) is 6.54 Å². The zero-order chi connectivity index (χ0) is 14.8. The predicted molar refractivity (Wildman–Crippen MR) is 75.8 cm³/mol. The molecular formula is C13H7Cl2N5O. The molecule has 0 fully saturated rings. The number of benzene rings is 1. The van der Waals surface area contributed by atoms with E-state index in [1.165, 1.54) is 11.0 Å². The van der Waals surface area contributed by atoms with Crippen molar-refractivity contribution in [3.63, 3.8) is 0 Å². The molecule has 0 saturated heterocycles. The first-order valence-electron chi connectivity index (χ1n) is 5.86. The predicted octanol–water partition coefficient (Wildman–Crippen LogP) is 3.16. The number of halogens is 2. The number of nitriles is 1. The van der Waals surface area contributed by atoms with Crippen LogP contribution in [0.4, 0.5) is 0 Å². The summed E-state index contributed by atoms with van der Waals surface area (Å²) in [5, 5.41) is 17.6. The van der Waals surface area contributed by atoms with Gasteiger partial charge in [0, 0.05) is 16.7 Å². The third-order valence-electron chi connectivity index (χ3n) is 2.72. The minimum absolute atomic E-state index is 0.107. The third-order valence-corrected chi connectivity index (χ3v) is 3.27. The lowest BCUT2D eigenvalue weighted by Gasteiger charge is -1.99. The van der Waals surface area contributed by atoms with Gasteiger partial charge in [0.15, 0.2) is 5.76 Å². The summed E-state index contributed by atoms with van der Waals surface area (Å²) in [6.45, 7) is 0.326. The molecule has 0 aliphatic rings. The van der Waals surface area contributed by atoms with Crippen LogP contribution in [-0.2, 0) is 6.54 Å². The smallest absolute Gasteiger partial charge is 0.252 e. The van der Waals surface area contributed by atoms with Gasteiger partial charge >= 0.3 is 0 Å². The van der Waals surface area contributed by atoms with Gasteiger partial charge < -0.3 is 4.52 Å². The van der Waals surface area contributed by atoms with Crippen LogP contribution in [0.15, 0.2) is 35.1 Å². The number of nitrogens with zero attached hydrogens (tertiary/aromatic N) is 5. The normalized spacial score (nSPS) is 10.5. The highest BCUT2D eigenvalue weighted by Crippen LogP contribution is 2.29. The Hall–Kier alpha value is -2.36. The molecule has 3 rings (SSSR count). The van der Waals surface area contributed by atoms with Gasteiger partial charge in [-0.1, -0.05) is 28.4 Å². The lowest BCUT2D eigenvalue weighted by molar-refractivity contribution is 0.373. The van der Waals surface area contributed by atoms with Gasteiger partial charge in [-0.05, 0) is 18.2 Å². The van der Waals surface area contributed by atoms with Crippen molar-refractivity contribution in [1.29, 1.82) is 5.26 Å².